The Labute approximate surface area is 203 Å². The number of carbonyl (C=O) groups is 1. The Hall–Kier alpha value is -3.69. The SMILES string of the molecule is COCCOc1ccc2c(c1)ncn2-c1ccc2cccc(N3CCC(NCC(=O)O)CC3)c2n1. The van der Waals surface area contributed by atoms with Crippen molar-refractivity contribution in [1.29, 1.82) is 0 Å². The molecule has 1 aliphatic heterocycles. The van der Waals surface area contributed by atoms with Crippen molar-refractivity contribution in [1.82, 2.24) is 19.9 Å². The van der Waals surface area contributed by atoms with Crippen molar-refractivity contribution in [2.24, 2.45) is 0 Å². The van der Waals surface area contributed by atoms with Crippen LogP contribution in [0.2, 0.25) is 0 Å². The number of methoxy groups -OCH3 is 1. The average molecular weight is 476 g/mol. The summed E-state index contributed by atoms with van der Waals surface area (Å²) in [4.78, 5) is 22.8. The maximum Gasteiger partial charge on any atom is 0.317 e. The van der Waals surface area contributed by atoms with E-state index in [0.29, 0.717) is 13.2 Å². The van der Waals surface area contributed by atoms with E-state index < -0.39 is 5.97 Å². The minimum atomic E-state index is -0.819. The van der Waals surface area contributed by atoms with Crippen LogP contribution in [0.3, 0.4) is 0 Å². The van der Waals surface area contributed by atoms with Crippen molar-refractivity contribution in [3.05, 3.63) is 54.9 Å². The van der Waals surface area contributed by atoms with E-state index in [1.54, 1.807) is 13.4 Å². The molecule has 1 saturated heterocycles. The van der Waals surface area contributed by atoms with Crippen LogP contribution in [-0.4, -0.2) is 71.6 Å². The largest absolute Gasteiger partial charge is 0.491 e. The highest BCUT2D eigenvalue weighted by Crippen LogP contribution is 2.30. The second-order valence-corrected chi connectivity index (χ2v) is 8.66. The highest BCUT2D eigenvalue weighted by Gasteiger charge is 2.21. The summed E-state index contributed by atoms with van der Waals surface area (Å²) in [6.07, 6.45) is 3.58. The molecule has 4 aromatic rings. The maximum absolute atomic E-state index is 10.9. The van der Waals surface area contributed by atoms with E-state index in [1.807, 2.05) is 28.8 Å². The number of nitrogens with one attached hydrogen (secondary N) is 1. The number of fused-ring (bicyclic) bond motifs is 2. The van der Waals surface area contributed by atoms with Crippen molar-refractivity contribution in [2.45, 2.75) is 18.9 Å². The molecule has 2 N–H and O–H groups in total. The lowest BCUT2D eigenvalue weighted by molar-refractivity contribution is -0.136. The van der Waals surface area contributed by atoms with E-state index in [9.17, 15) is 4.79 Å². The summed E-state index contributed by atoms with van der Waals surface area (Å²) in [6, 6.07) is 16.4. The Balaban J connectivity index is 1.40. The molecule has 5 rings (SSSR count). The fourth-order valence-corrected chi connectivity index (χ4v) is 4.57. The van der Waals surface area contributed by atoms with Crippen molar-refractivity contribution >= 4 is 33.6 Å². The molecule has 0 atom stereocenters. The van der Waals surface area contributed by atoms with Crippen molar-refractivity contribution < 1.29 is 19.4 Å². The maximum atomic E-state index is 10.9. The van der Waals surface area contributed by atoms with Gasteiger partial charge in [-0.15, -0.1) is 0 Å². The van der Waals surface area contributed by atoms with Crippen LogP contribution in [0, 0.1) is 0 Å². The summed E-state index contributed by atoms with van der Waals surface area (Å²) in [5.74, 6) is 0.744. The number of aliphatic carboxylic acids is 1. The lowest BCUT2D eigenvalue weighted by Gasteiger charge is -2.34. The Morgan fingerprint density at radius 2 is 2.00 bits per heavy atom. The first kappa shape index (κ1) is 23.1. The van der Waals surface area contributed by atoms with E-state index in [1.165, 1.54) is 0 Å². The van der Waals surface area contributed by atoms with Gasteiger partial charge in [-0.05, 0) is 43.2 Å². The fraction of sp³-hybridized carbons (Fsp3) is 0.346. The Kier molecular flexibility index (Phi) is 6.78. The minimum Gasteiger partial charge on any atom is -0.491 e. The van der Waals surface area contributed by atoms with Crippen molar-refractivity contribution in [3.63, 3.8) is 0 Å². The van der Waals surface area contributed by atoms with Crippen LogP contribution in [0.25, 0.3) is 27.8 Å². The molecular weight excluding hydrogens is 446 g/mol. The summed E-state index contributed by atoms with van der Waals surface area (Å²) in [7, 11) is 1.65. The van der Waals surface area contributed by atoms with Gasteiger partial charge in [0.2, 0.25) is 0 Å². The summed E-state index contributed by atoms with van der Waals surface area (Å²) in [6.45, 7) is 2.73. The predicted octanol–water partition coefficient (Wildman–Crippen LogP) is 3.24. The van der Waals surface area contributed by atoms with Crippen LogP contribution in [-0.2, 0) is 9.53 Å². The van der Waals surface area contributed by atoms with Gasteiger partial charge in [0.05, 0.1) is 35.4 Å². The zero-order chi connectivity index (χ0) is 24.2. The fourth-order valence-electron chi connectivity index (χ4n) is 4.57. The number of ether oxygens (including phenoxy) is 2. The van der Waals surface area contributed by atoms with E-state index in [0.717, 1.165) is 65.1 Å². The molecule has 0 aliphatic carbocycles. The minimum absolute atomic E-state index is 0.00346. The molecule has 9 nitrogen and oxygen atoms in total. The third-order valence-corrected chi connectivity index (χ3v) is 6.38. The Morgan fingerprint density at radius 1 is 1.14 bits per heavy atom. The third kappa shape index (κ3) is 5.06. The number of nitrogens with zero attached hydrogens (tertiary/aromatic N) is 4. The van der Waals surface area contributed by atoms with Gasteiger partial charge in [0.25, 0.3) is 0 Å². The first-order chi connectivity index (χ1) is 17.1. The number of imidazole rings is 1. The zero-order valence-corrected chi connectivity index (χ0v) is 19.7. The standard InChI is InChI=1S/C26H29N5O4/c1-34-13-14-35-20-6-7-22-21(15-20)28-17-31(22)24-8-5-18-3-2-4-23(26(18)29-24)30-11-9-19(10-12-30)27-16-25(32)33/h2-8,15,17,19,27H,9-14,16H2,1H3,(H,32,33). The molecule has 35 heavy (non-hydrogen) atoms. The van der Waals surface area contributed by atoms with Gasteiger partial charge in [-0.3, -0.25) is 9.36 Å². The second kappa shape index (κ2) is 10.3. The van der Waals surface area contributed by atoms with Gasteiger partial charge in [0.1, 0.15) is 24.5 Å². The smallest absolute Gasteiger partial charge is 0.317 e. The molecule has 2 aromatic heterocycles. The molecule has 0 bridgehead atoms. The number of para-hydroxylation sites is 1. The molecule has 1 fully saturated rings. The number of hydrogen-bond acceptors (Lipinski definition) is 7. The monoisotopic (exact) mass is 475 g/mol. The summed E-state index contributed by atoms with van der Waals surface area (Å²) in [5.41, 5.74) is 3.84. The number of carboxylic acid groups (broad SMARTS) is 1. The number of piperidine rings is 1. The molecule has 0 saturated carbocycles. The first-order valence-corrected chi connectivity index (χ1v) is 11.8. The number of carboxylic acids is 1. The van der Waals surface area contributed by atoms with E-state index in [-0.39, 0.29) is 12.6 Å². The predicted molar refractivity (Wildman–Crippen MR) is 135 cm³/mol. The van der Waals surface area contributed by atoms with Crippen LogP contribution >= 0.6 is 0 Å². The van der Waals surface area contributed by atoms with Gasteiger partial charge >= 0.3 is 5.97 Å². The van der Waals surface area contributed by atoms with Crippen LogP contribution in [0.5, 0.6) is 5.75 Å². The zero-order valence-electron chi connectivity index (χ0n) is 19.7. The molecule has 0 spiro atoms. The Morgan fingerprint density at radius 3 is 2.80 bits per heavy atom. The van der Waals surface area contributed by atoms with Gasteiger partial charge in [-0.25, -0.2) is 9.97 Å². The molecule has 9 heteroatoms. The molecule has 2 aromatic carbocycles. The topological polar surface area (TPSA) is 102 Å². The molecule has 1 aliphatic rings. The van der Waals surface area contributed by atoms with Crippen LogP contribution in [0.4, 0.5) is 5.69 Å². The number of anilines is 1. The van der Waals surface area contributed by atoms with Gasteiger partial charge in [-0.2, -0.15) is 0 Å². The van der Waals surface area contributed by atoms with Gasteiger partial charge in [0, 0.05) is 37.7 Å². The van der Waals surface area contributed by atoms with Crippen LogP contribution in [0.1, 0.15) is 12.8 Å². The average Bonchev–Trinajstić information content (AvgIpc) is 3.31. The highest BCUT2D eigenvalue weighted by molar-refractivity contribution is 5.92. The molecular formula is C26H29N5O4. The van der Waals surface area contributed by atoms with Crippen LogP contribution < -0.4 is 15.0 Å². The number of aromatic nitrogens is 3. The summed E-state index contributed by atoms with van der Waals surface area (Å²) < 4.78 is 12.8. The Bertz CT molecular complexity index is 1330. The molecule has 182 valence electrons. The second-order valence-electron chi connectivity index (χ2n) is 8.66. The number of benzene rings is 2. The highest BCUT2D eigenvalue weighted by atomic mass is 16.5. The molecule has 3 heterocycles. The molecule has 0 amide bonds. The first-order valence-electron chi connectivity index (χ1n) is 11.8. The number of pyridine rings is 1. The summed E-state index contributed by atoms with van der Waals surface area (Å²) in [5, 5.41) is 13.1. The van der Waals surface area contributed by atoms with Gasteiger partial charge < -0.3 is 24.8 Å². The van der Waals surface area contributed by atoms with Crippen molar-refractivity contribution in [2.75, 3.05) is 44.9 Å². The van der Waals surface area contributed by atoms with E-state index in [2.05, 4.69) is 39.5 Å². The third-order valence-electron chi connectivity index (χ3n) is 6.38. The van der Waals surface area contributed by atoms with Gasteiger partial charge in [-0.1, -0.05) is 12.1 Å². The molecule has 0 unspecified atom stereocenters. The van der Waals surface area contributed by atoms with Gasteiger partial charge in [0.15, 0.2) is 0 Å². The number of rotatable bonds is 9. The van der Waals surface area contributed by atoms with Crippen molar-refractivity contribution in [3.8, 4) is 11.6 Å². The van der Waals surface area contributed by atoms with E-state index in [4.69, 9.17) is 19.6 Å². The number of hydrogen-bond donors (Lipinski definition) is 2. The normalized spacial score (nSPS) is 14.6. The lowest BCUT2D eigenvalue weighted by Crippen LogP contribution is -2.44. The van der Waals surface area contributed by atoms with E-state index >= 15 is 0 Å². The molecule has 0 radical (unpaired) electrons. The quantitative estimate of drug-likeness (QED) is 0.356. The van der Waals surface area contributed by atoms with Crippen LogP contribution in [0.15, 0.2) is 54.9 Å². The lowest BCUT2D eigenvalue weighted by atomic mass is 10.0. The summed E-state index contributed by atoms with van der Waals surface area (Å²) >= 11 is 0.